The van der Waals surface area contributed by atoms with Crippen molar-refractivity contribution >= 4 is 11.8 Å². The molecule has 0 saturated carbocycles. The summed E-state index contributed by atoms with van der Waals surface area (Å²) in [5, 5.41) is 19.1. The molecule has 0 radical (unpaired) electrons. The maximum Gasteiger partial charge on any atom is 0.341 e. The second-order valence-electron chi connectivity index (χ2n) is 6.51. The van der Waals surface area contributed by atoms with Crippen LogP contribution >= 0.6 is 0 Å². The lowest BCUT2D eigenvalue weighted by molar-refractivity contribution is -0.139. The molecule has 0 bridgehead atoms. The van der Waals surface area contributed by atoms with Crippen LogP contribution in [0.4, 0.5) is 0 Å². The number of carboxylic acids is 1. The summed E-state index contributed by atoms with van der Waals surface area (Å²) in [6.07, 6.45) is 3.04. The SMILES string of the molecule is CCCc1c(CCCOc2cccc(OCC(=O)O)c2)ccc(C(C)=O)c1O. The number of hydrogen-bond donors (Lipinski definition) is 2. The Kier molecular flexibility index (Phi) is 7.87. The predicted octanol–water partition coefficient (Wildman–Crippen LogP) is 4.02. The average Bonchev–Trinajstić information content (AvgIpc) is 2.66. The summed E-state index contributed by atoms with van der Waals surface area (Å²) in [6, 6.07) is 10.4. The van der Waals surface area contributed by atoms with E-state index < -0.39 is 12.6 Å². The van der Waals surface area contributed by atoms with E-state index in [1.54, 1.807) is 30.3 Å². The number of carbonyl (C=O) groups is 2. The maximum atomic E-state index is 11.6. The van der Waals surface area contributed by atoms with E-state index in [1.807, 2.05) is 13.0 Å². The van der Waals surface area contributed by atoms with Crippen LogP contribution in [0, 0.1) is 0 Å². The van der Waals surface area contributed by atoms with Gasteiger partial charge in [-0.15, -0.1) is 0 Å². The van der Waals surface area contributed by atoms with Crippen LogP contribution in [0.5, 0.6) is 17.2 Å². The highest BCUT2D eigenvalue weighted by atomic mass is 16.5. The normalized spacial score (nSPS) is 10.5. The molecular formula is C22H26O6. The van der Waals surface area contributed by atoms with Crippen molar-refractivity contribution in [2.75, 3.05) is 13.2 Å². The maximum absolute atomic E-state index is 11.6. The highest BCUT2D eigenvalue weighted by molar-refractivity contribution is 5.97. The Labute approximate surface area is 164 Å². The quantitative estimate of drug-likeness (QED) is 0.447. The second-order valence-corrected chi connectivity index (χ2v) is 6.51. The lowest BCUT2D eigenvalue weighted by atomic mass is 9.94. The minimum atomic E-state index is -1.03. The zero-order chi connectivity index (χ0) is 20.5. The molecule has 0 heterocycles. The largest absolute Gasteiger partial charge is 0.507 e. The molecule has 0 fully saturated rings. The minimum absolute atomic E-state index is 0.0936. The summed E-state index contributed by atoms with van der Waals surface area (Å²) in [7, 11) is 0. The molecule has 0 aliphatic heterocycles. The molecule has 2 N–H and O–H groups in total. The van der Waals surface area contributed by atoms with Gasteiger partial charge in [-0.05, 0) is 55.5 Å². The Morgan fingerprint density at radius 2 is 1.75 bits per heavy atom. The number of benzene rings is 2. The number of aliphatic carboxylic acids is 1. The van der Waals surface area contributed by atoms with Crippen molar-refractivity contribution in [1.29, 1.82) is 0 Å². The van der Waals surface area contributed by atoms with Crippen molar-refractivity contribution in [1.82, 2.24) is 0 Å². The number of carbonyl (C=O) groups excluding carboxylic acids is 1. The molecule has 0 amide bonds. The summed E-state index contributed by atoms with van der Waals surface area (Å²) in [6.45, 7) is 3.55. The van der Waals surface area contributed by atoms with E-state index >= 15 is 0 Å². The van der Waals surface area contributed by atoms with Crippen LogP contribution < -0.4 is 9.47 Å². The summed E-state index contributed by atoms with van der Waals surface area (Å²) in [5.74, 6) is -0.0413. The van der Waals surface area contributed by atoms with Crippen LogP contribution in [0.15, 0.2) is 36.4 Å². The van der Waals surface area contributed by atoms with E-state index in [0.717, 1.165) is 30.4 Å². The van der Waals surface area contributed by atoms with E-state index in [0.29, 0.717) is 30.1 Å². The Hall–Kier alpha value is -3.02. The first-order chi connectivity index (χ1) is 13.4. The molecule has 2 rings (SSSR count). The third-order valence-electron chi connectivity index (χ3n) is 4.29. The number of aromatic hydroxyl groups is 1. The van der Waals surface area contributed by atoms with Gasteiger partial charge in [0, 0.05) is 6.07 Å². The van der Waals surface area contributed by atoms with Crippen molar-refractivity contribution in [3.05, 3.63) is 53.1 Å². The zero-order valence-corrected chi connectivity index (χ0v) is 16.2. The average molecular weight is 386 g/mol. The van der Waals surface area contributed by atoms with Crippen LogP contribution in [0.25, 0.3) is 0 Å². The standard InChI is InChI=1S/C22H26O6/c1-3-6-20-16(10-11-19(15(2)23)22(20)26)7-5-12-27-17-8-4-9-18(13-17)28-14-21(24)25/h4,8-11,13,26H,3,5-7,12,14H2,1-2H3,(H,24,25). The van der Waals surface area contributed by atoms with E-state index in [-0.39, 0.29) is 11.5 Å². The molecule has 0 unspecified atom stereocenters. The summed E-state index contributed by atoms with van der Waals surface area (Å²) >= 11 is 0. The summed E-state index contributed by atoms with van der Waals surface area (Å²) in [4.78, 5) is 22.2. The molecule has 0 spiro atoms. The molecule has 0 atom stereocenters. The van der Waals surface area contributed by atoms with Gasteiger partial charge >= 0.3 is 5.97 Å². The van der Waals surface area contributed by atoms with Crippen LogP contribution in [-0.2, 0) is 17.6 Å². The van der Waals surface area contributed by atoms with Gasteiger partial charge in [0.15, 0.2) is 12.4 Å². The zero-order valence-electron chi connectivity index (χ0n) is 16.2. The first-order valence-corrected chi connectivity index (χ1v) is 9.34. The highest BCUT2D eigenvalue weighted by Gasteiger charge is 2.14. The van der Waals surface area contributed by atoms with Crippen LogP contribution in [0.3, 0.4) is 0 Å². The molecule has 28 heavy (non-hydrogen) atoms. The molecule has 6 nitrogen and oxygen atoms in total. The number of phenols is 1. The fourth-order valence-electron chi connectivity index (χ4n) is 2.98. The topological polar surface area (TPSA) is 93.1 Å². The molecular weight excluding hydrogens is 360 g/mol. The molecule has 150 valence electrons. The third kappa shape index (κ3) is 6.01. The van der Waals surface area contributed by atoms with Gasteiger partial charge in [0.05, 0.1) is 12.2 Å². The number of ketones is 1. The Balaban J connectivity index is 1.95. The summed E-state index contributed by atoms with van der Waals surface area (Å²) < 4.78 is 10.9. The van der Waals surface area contributed by atoms with Gasteiger partial charge in [-0.1, -0.05) is 25.5 Å². The number of rotatable bonds is 11. The number of hydrogen-bond acceptors (Lipinski definition) is 5. The number of ether oxygens (including phenoxy) is 2. The number of phenolic OH excluding ortho intramolecular Hbond substituents is 1. The van der Waals surface area contributed by atoms with Gasteiger partial charge in [0.25, 0.3) is 0 Å². The first kappa shape index (κ1) is 21.3. The first-order valence-electron chi connectivity index (χ1n) is 9.34. The fourth-order valence-corrected chi connectivity index (χ4v) is 2.98. The lowest BCUT2D eigenvalue weighted by Crippen LogP contribution is -2.09. The molecule has 2 aromatic rings. The third-order valence-corrected chi connectivity index (χ3v) is 4.29. The van der Waals surface area contributed by atoms with Gasteiger partial charge in [0.2, 0.25) is 0 Å². The number of aryl methyl sites for hydroxylation is 1. The monoisotopic (exact) mass is 386 g/mol. The van der Waals surface area contributed by atoms with Gasteiger partial charge < -0.3 is 19.7 Å². The van der Waals surface area contributed by atoms with E-state index in [1.165, 1.54) is 6.92 Å². The fraction of sp³-hybridized carbons (Fsp3) is 0.364. The Morgan fingerprint density at radius 3 is 2.39 bits per heavy atom. The van der Waals surface area contributed by atoms with E-state index in [4.69, 9.17) is 14.6 Å². The molecule has 0 aromatic heterocycles. The van der Waals surface area contributed by atoms with Crippen molar-refractivity contribution < 1.29 is 29.3 Å². The van der Waals surface area contributed by atoms with Crippen LogP contribution in [0.2, 0.25) is 0 Å². The molecule has 6 heteroatoms. The van der Waals surface area contributed by atoms with Crippen molar-refractivity contribution in [2.45, 2.75) is 39.5 Å². The second kappa shape index (κ2) is 10.3. The van der Waals surface area contributed by atoms with Gasteiger partial charge in [-0.3, -0.25) is 4.79 Å². The predicted molar refractivity (Wildman–Crippen MR) is 105 cm³/mol. The lowest BCUT2D eigenvalue weighted by Gasteiger charge is -2.14. The minimum Gasteiger partial charge on any atom is -0.507 e. The van der Waals surface area contributed by atoms with Gasteiger partial charge in [-0.2, -0.15) is 0 Å². The van der Waals surface area contributed by atoms with Gasteiger partial charge in [-0.25, -0.2) is 4.79 Å². The van der Waals surface area contributed by atoms with Crippen molar-refractivity contribution in [3.63, 3.8) is 0 Å². The van der Waals surface area contributed by atoms with Crippen LogP contribution in [-0.4, -0.2) is 35.2 Å². The molecule has 2 aromatic carbocycles. The Morgan fingerprint density at radius 1 is 1.04 bits per heavy atom. The summed E-state index contributed by atoms with van der Waals surface area (Å²) in [5.41, 5.74) is 2.22. The van der Waals surface area contributed by atoms with Crippen molar-refractivity contribution in [2.24, 2.45) is 0 Å². The number of Topliss-reactive ketones (excluding diaryl/α,β-unsaturated/α-hetero) is 1. The Bertz CT molecular complexity index is 828. The molecule has 0 saturated heterocycles. The smallest absolute Gasteiger partial charge is 0.341 e. The van der Waals surface area contributed by atoms with Crippen LogP contribution in [0.1, 0.15) is 48.2 Å². The van der Waals surface area contributed by atoms with Gasteiger partial charge in [0.1, 0.15) is 17.2 Å². The van der Waals surface area contributed by atoms with Crippen molar-refractivity contribution in [3.8, 4) is 17.2 Å². The highest BCUT2D eigenvalue weighted by Crippen LogP contribution is 2.29. The number of carboxylic acid groups (broad SMARTS) is 1. The molecule has 0 aliphatic rings. The van der Waals surface area contributed by atoms with E-state index in [9.17, 15) is 14.7 Å². The molecule has 0 aliphatic carbocycles. The van der Waals surface area contributed by atoms with E-state index in [2.05, 4.69) is 0 Å².